The van der Waals surface area contributed by atoms with Crippen LogP contribution in [0.25, 0.3) is 0 Å². The topological polar surface area (TPSA) is 89.3 Å². The predicted octanol–water partition coefficient (Wildman–Crippen LogP) is -1.24. The van der Waals surface area contributed by atoms with Gasteiger partial charge >= 0.3 is 0 Å². The highest BCUT2D eigenvalue weighted by Gasteiger charge is 2.22. The lowest BCUT2D eigenvalue weighted by Gasteiger charge is -2.08. The minimum absolute atomic E-state index is 0.0384. The zero-order chi connectivity index (χ0) is 9.90. The Balaban J connectivity index is 2.42. The van der Waals surface area contributed by atoms with Gasteiger partial charge in [-0.15, -0.1) is 0 Å². The van der Waals surface area contributed by atoms with Crippen LogP contribution in [0.3, 0.4) is 0 Å². The van der Waals surface area contributed by atoms with Crippen molar-refractivity contribution in [3.63, 3.8) is 0 Å². The average Bonchev–Trinajstić information content (AvgIpc) is 2.30. The molecule has 13 heavy (non-hydrogen) atoms. The smallest absolute Gasteiger partial charge is 0.221 e. The van der Waals surface area contributed by atoms with Crippen molar-refractivity contribution in [2.45, 2.75) is 12.5 Å². The van der Waals surface area contributed by atoms with Crippen LogP contribution < -0.4 is 11.1 Å². The van der Waals surface area contributed by atoms with Crippen LogP contribution in [0.4, 0.5) is 0 Å². The van der Waals surface area contributed by atoms with Crippen molar-refractivity contribution in [1.82, 2.24) is 5.32 Å². The molecular formula is C7H12N2O3S. The molecule has 1 unspecified atom stereocenters. The lowest BCUT2D eigenvalue weighted by molar-refractivity contribution is -0.121. The van der Waals surface area contributed by atoms with Crippen molar-refractivity contribution in [3.05, 3.63) is 11.5 Å². The molecule has 0 fully saturated rings. The van der Waals surface area contributed by atoms with Crippen molar-refractivity contribution in [2.24, 2.45) is 5.73 Å². The van der Waals surface area contributed by atoms with Crippen molar-refractivity contribution in [3.8, 4) is 0 Å². The van der Waals surface area contributed by atoms with E-state index in [1.165, 1.54) is 6.08 Å². The second-order valence-corrected chi connectivity index (χ2v) is 4.80. The number of nitrogens with one attached hydrogen (secondary N) is 1. The van der Waals surface area contributed by atoms with Crippen LogP contribution >= 0.6 is 0 Å². The molecule has 1 aliphatic heterocycles. The van der Waals surface area contributed by atoms with Gasteiger partial charge in [-0.05, 0) is 6.08 Å². The standard InChI is InChI=1S/C7H12N2O3S/c8-3-1-7(10)9-6-2-4-13(11,12)5-6/h2,4,6H,1,3,5,8H2,(H,9,10). The van der Waals surface area contributed by atoms with Crippen LogP contribution in [0.2, 0.25) is 0 Å². The van der Waals surface area contributed by atoms with Crippen LogP contribution in [0, 0.1) is 0 Å². The largest absolute Gasteiger partial charge is 0.349 e. The molecule has 0 saturated heterocycles. The van der Waals surface area contributed by atoms with E-state index in [9.17, 15) is 13.2 Å². The first-order valence-corrected chi connectivity index (χ1v) is 5.65. The molecule has 1 amide bonds. The second-order valence-electron chi connectivity index (χ2n) is 2.87. The van der Waals surface area contributed by atoms with E-state index < -0.39 is 9.84 Å². The maximum absolute atomic E-state index is 11.0. The van der Waals surface area contributed by atoms with Crippen LogP contribution in [-0.4, -0.2) is 32.7 Å². The van der Waals surface area contributed by atoms with Crippen LogP contribution in [0.15, 0.2) is 11.5 Å². The zero-order valence-corrected chi connectivity index (χ0v) is 7.88. The highest BCUT2D eigenvalue weighted by molar-refractivity contribution is 7.94. The van der Waals surface area contributed by atoms with Gasteiger partial charge in [-0.2, -0.15) is 0 Å². The van der Waals surface area contributed by atoms with Crippen molar-refractivity contribution >= 4 is 15.7 Å². The summed E-state index contributed by atoms with van der Waals surface area (Å²) in [6, 6.07) is -0.385. The summed E-state index contributed by atoms with van der Waals surface area (Å²) < 4.78 is 21.8. The maximum Gasteiger partial charge on any atom is 0.221 e. The molecule has 0 aliphatic carbocycles. The highest BCUT2D eigenvalue weighted by atomic mass is 32.2. The van der Waals surface area contributed by atoms with Gasteiger partial charge in [0.1, 0.15) is 0 Å². The van der Waals surface area contributed by atoms with Gasteiger partial charge < -0.3 is 11.1 Å². The molecular weight excluding hydrogens is 192 g/mol. The minimum Gasteiger partial charge on any atom is -0.349 e. The Morgan fingerprint density at radius 3 is 2.77 bits per heavy atom. The summed E-state index contributed by atoms with van der Waals surface area (Å²) in [6.07, 6.45) is 1.70. The number of nitrogens with two attached hydrogens (primary N) is 1. The third-order valence-corrected chi connectivity index (χ3v) is 3.04. The molecule has 5 nitrogen and oxygen atoms in total. The van der Waals surface area contributed by atoms with Gasteiger partial charge in [-0.3, -0.25) is 4.79 Å². The predicted molar refractivity (Wildman–Crippen MR) is 48.5 cm³/mol. The van der Waals surface area contributed by atoms with Gasteiger partial charge in [0, 0.05) is 18.4 Å². The molecule has 1 heterocycles. The Labute approximate surface area is 76.9 Å². The van der Waals surface area contributed by atoms with E-state index in [0.29, 0.717) is 0 Å². The normalized spacial score (nSPS) is 24.5. The molecule has 6 heteroatoms. The summed E-state index contributed by atoms with van der Waals surface area (Å²) in [4.78, 5) is 11.0. The average molecular weight is 204 g/mol. The van der Waals surface area contributed by atoms with E-state index in [1.807, 2.05) is 0 Å². The van der Waals surface area contributed by atoms with Crippen LogP contribution in [0.1, 0.15) is 6.42 Å². The van der Waals surface area contributed by atoms with E-state index in [4.69, 9.17) is 5.73 Å². The quantitative estimate of drug-likeness (QED) is 0.602. The fraction of sp³-hybridized carbons (Fsp3) is 0.571. The number of carbonyl (C=O) groups excluding carboxylic acids is 1. The molecule has 1 atom stereocenters. The van der Waals surface area contributed by atoms with E-state index in [2.05, 4.69) is 5.32 Å². The molecule has 1 rings (SSSR count). The summed E-state index contributed by atoms with van der Waals surface area (Å²) in [6.45, 7) is 0.273. The molecule has 0 spiro atoms. The molecule has 3 N–H and O–H groups in total. The van der Waals surface area contributed by atoms with Crippen LogP contribution in [0.5, 0.6) is 0 Å². The number of hydrogen-bond acceptors (Lipinski definition) is 4. The fourth-order valence-electron chi connectivity index (χ4n) is 1.08. The molecule has 0 saturated carbocycles. The summed E-state index contributed by atoms with van der Waals surface area (Å²) >= 11 is 0. The molecule has 0 bridgehead atoms. The van der Waals surface area contributed by atoms with E-state index in [-0.39, 0.29) is 30.7 Å². The minimum atomic E-state index is -3.08. The number of hydrogen-bond donors (Lipinski definition) is 2. The van der Waals surface area contributed by atoms with E-state index in [0.717, 1.165) is 5.41 Å². The van der Waals surface area contributed by atoms with Gasteiger partial charge in [-0.1, -0.05) is 0 Å². The number of carbonyl (C=O) groups is 1. The first kappa shape index (κ1) is 10.2. The SMILES string of the molecule is NCCC(=O)NC1C=CS(=O)(=O)C1. The van der Waals surface area contributed by atoms with Gasteiger partial charge in [-0.25, -0.2) is 8.42 Å². The summed E-state index contributed by atoms with van der Waals surface area (Å²) in [5.41, 5.74) is 5.16. The Morgan fingerprint density at radius 1 is 1.62 bits per heavy atom. The molecule has 74 valence electrons. The Bertz CT molecular complexity index is 321. The first-order valence-electron chi connectivity index (χ1n) is 3.94. The number of rotatable bonds is 3. The summed E-state index contributed by atoms with van der Waals surface area (Å²) in [5, 5.41) is 3.68. The van der Waals surface area contributed by atoms with Crippen LogP contribution in [-0.2, 0) is 14.6 Å². The third kappa shape index (κ3) is 3.16. The first-order chi connectivity index (χ1) is 6.03. The Morgan fingerprint density at radius 2 is 2.31 bits per heavy atom. The van der Waals surface area contributed by atoms with Crippen molar-refractivity contribution < 1.29 is 13.2 Å². The van der Waals surface area contributed by atoms with Gasteiger partial charge in [0.2, 0.25) is 5.91 Å². The Kier molecular flexibility index (Phi) is 3.05. The number of amides is 1. The van der Waals surface area contributed by atoms with Crippen molar-refractivity contribution in [1.29, 1.82) is 0 Å². The Hall–Kier alpha value is -0.880. The summed E-state index contributed by atoms with van der Waals surface area (Å²) in [5.74, 6) is -0.252. The van der Waals surface area contributed by atoms with Gasteiger partial charge in [0.25, 0.3) is 0 Å². The summed E-state index contributed by atoms with van der Waals surface area (Å²) in [7, 11) is -3.08. The molecule has 0 aromatic carbocycles. The molecule has 0 aromatic rings. The van der Waals surface area contributed by atoms with Gasteiger partial charge in [0.05, 0.1) is 11.8 Å². The monoisotopic (exact) mass is 204 g/mol. The second kappa shape index (κ2) is 3.89. The highest BCUT2D eigenvalue weighted by Crippen LogP contribution is 2.07. The lowest BCUT2D eigenvalue weighted by atomic mass is 10.3. The number of sulfone groups is 1. The van der Waals surface area contributed by atoms with E-state index >= 15 is 0 Å². The molecule has 0 radical (unpaired) electrons. The van der Waals surface area contributed by atoms with Crippen molar-refractivity contribution in [2.75, 3.05) is 12.3 Å². The van der Waals surface area contributed by atoms with Gasteiger partial charge in [0.15, 0.2) is 9.84 Å². The molecule has 0 aromatic heterocycles. The maximum atomic E-state index is 11.0. The third-order valence-electron chi connectivity index (χ3n) is 1.65. The lowest BCUT2D eigenvalue weighted by Crippen LogP contribution is -2.36. The zero-order valence-electron chi connectivity index (χ0n) is 7.06. The van der Waals surface area contributed by atoms with E-state index in [1.54, 1.807) is 0 Å². The fourth-order valence-corrected chi connectivity index (χ4v) is 2.31. The molecule has 1 aliphatic rings.